The van der Waals surface area contributed by atoms with Crippen molar-refractivity contribution in [2.45, 2.75) is 11.7 Å². The van der Waals surface area contributed by atoms with Crippen LogP contribution in [-0.2, 0) is 6.54 Å². The summed E-state index contributed by atoms with van der Waals surface area (Å²) in [5.74, 6) is 1.00. The summed E-state index contributed by atoms with van der Waals surface area (Å²) in [6, 6.07) is 0. The molecule has 58 valence electrons. The summed E-state index contributed by atoms with van der Waals surface area (Å²) >= 11 is 7.45. The number of rotatable bonds is 1. The van der Waals surface area contributed by atoms with E-state index in [1.165, 1.54) is 0 Å². The second-order valence-electron chi connectivity index (χ2n) is 2.19. The molecule has 2 rings (SSSR count). The molecule has 0 bridgehead atoms. The van der Waals surface area contributed by atoms with Crippen LogP contribution >= 0.6 is 23.4 Å². The van der Waals surface area contributed by atoms with Crippen LogP contribution in [0.1, 0.15) is 10.5 Å². The Hall–Kier alpha value is -0.480. The van der Waals surface area contributed by atoms with Gasteiger partial charge < -0.3 is 4.57 Å². The fourth-order valence-corrected chi connectivity index (χ4v) is 2.30. The Kier molecular flexibility index (Phi) is 1.65. The first-order valence-electron chi connectivity index (χ1n) is 3.17. The van der Waals surface area contributed by atoms with Crippen LogP contribution in [0.4, 0.5) is 0 Å². The van der Waals surface area contributed by atoms with E-state index in [0.717, 1.165) is 17.5 Å². The molecule has 1 aliphatic heterocycles. The van der Waals surface area contributed by atoms with Gasteiger partial charge >= 0.3 is 0 Å². The van der Waals surface area contributed by atoms with Crippen LogP contribution in [0.2, 0.25) is 5.15 Å². The Bertz CT molecular complexity index is 310. The van der Waals surface area contributed by atoms with Gasteiger partial charge in [0.15, 0.2) is 11.4 Å². The molecule has 0 saturated heterocycles. The predicted molar refractivity (Wildman–Crippen MR) is 43.3 cm³/mol. The van der Waals surface area contributed by atoms with E-state index in [1.54, 1.807) is 11.8 Å². The summed E-state index contributed by atoms with van der Waals surface area (Å²) in [6.07, 6.45) is 0.689. The van der Waals surface area contributed by atoms with Crippen LogP contribution in [0.25, 0.3) is 0 Å². The maximum Gasteiger partial charge on any atom is 0.171 e. The van der Waals surface area contributed by atoms with E-state index in [9.17, 15) is 4.79 Å². The number of hydrogen-bond donors (Lipinski definition) is 0. The molecule has 1 aliphatic rings. The quantitative estimate of drug-likeness (QED) is 0.626. The van der Waals surface area contributed by atoms with Crippen LogP contribution < -0.4 is 0 Å². The Morgan fingerprint density at radius 1 is 1.73 bits per heavy atom. The lowest BCUT2D eigenvalue weighted by molar-refractivity contribution is 0.111. The fourth-order valence-electron chi connectivity index (χ4n) is 1.04. The molecule has 3 nitrogen and oxygen atoms in total. The van der Waals surface area contributed by atoms with Gasteiger partial charge in [-0.1, -0.05) is 23.4 Å². The third-order valence-corrected chi connectivity index (χ3v) is 2.91. The van der Waals surface area contributed by atoms with Crippen molar-refractivity contribution < 1.29 is 4.79 Å². The number of carbonyl (C=O) groups excluding carboxylic acids is 1. The van der Waals surface area contributed by atoms with Crippen LogP contribution in [0.15, 0.2) is 5.16 Å². The Morgan fingerprint density at radius 2 is 2.55 bits per heavy atom. The molecular formula is C6H5ClN2OS. The van der Waals surface area contributed by atoms with Gasteiger partial charge in [0.05, 0.1) is 0 Å². The second kappa shape index (κ2) is 2.53. The largest absolute Gasteiger partial charge is 0.309 e. The third kappa shape index (κ3) is 0.973. The Labute approximate surface area is 72.7 Å². The lowest BCUT2D eigenvalue weighted by Crippen LogP contribution is -1.93. The summed E-state index contributed by atoms with van der Waals surface area (Å²) in [6.45, 7) is 0.861. The van der Waals surface area contributed by atoms with Crippen molar-refractivity contribution in [3.63, 3.8) is 0 Å². The van der Waals surface area contributed by atoms with Gasteiger partial charge in [-0.3, -0.25) is 4.79 Å². The van der Waals surface area contributed by atoms with Crippen LogP contribution in [-0.4, -0.2) is 21.6 Å². The van der Waals surface area contributed by atoms with Crippen LogP contribution in [0.3, 0.4) is 0 Å². The SMILES string of the molecule is O=Cc1nc2n(c1Cl)CCS2. The lowest BCUT2D eigenvalue weighted by atomic mass is 10.5. The molecule has 0 saturated carbocycles. The van der Waals surface area contributed by atoms with E-state index in [1.807, 2.05) is 4.57 Å². The van der Waals surface area contributed by atoms with Gasteiger partial charge in [0.25, 0.3) is 0 Å². The van der Waals surface area contributed by atoms with Gasteiger partial charge in [-0.25, -0.2) is 4.98 Å². The number of imidazole rings is 1. The zero-order chi connectivity index (χ0) is 7.84. The van der Waals surface area contributed by atoms with Gasteiger partial charge in [0.1, 0.15) is 10.8 Å². The lowest BCUT2D eigenvalue weighted by Gasteiger charge is -1.93. The van der Waals surface area contributed by atoms with Crippen molar-refractivity contribution in [3.05, 3.63) is 10.8 Å². The number of fused-ring (bicyclic) bond motifs is 1. The summed E-state index contributed by atoms with van der Waals surface area (Å²) < 4.78 is 1.86. The third-order valence-electron chi connectivity index (χ3n) is 1.55. The smallest absolute Gasteiger partial charge is 0.171 e. The monoisotopic (exact) mass is 188 g/mol. The van der Waals surface area contributed by atoms with E-state index in [4.69, 9.17) is 11.6 Å². The molecule has 0 aliphatic carbocycles. The van der Waals surface area contributed by atoms with Crippen LogP contribution in [0, 0.1) is 0 Å². The predicted octanol–water partition coefficient (Wildman–Crippen LogP) is 1.45. The van der Waals surface area contributed by atoms with E-state index in [0.29, 0.717) is 17.1 Å². The molecule has 0 aromatic carbocycles. The first kappa shape index (κ1) is 7.18. The zero-order valence-corrected chi connectivity index (χ0v) is 7.15. The number of thioether (sulfide) groups is 1. The Morgan fingerprint density at radius 3 is 3.18 bits per heavy atom. The van der Waals surface area contributed by atoms with Crippen molar-refractivity contribution in [2.75, 3.05) is 5.75 Å². The average Bonchev–Trinajstić information content (AvgIpc) is 2.53. The zero-order valence-electron chi connectivity index (χ0n) is 5.58. The van der Waals surface area contributed by atoms with Crippen LogP contribution in [0.5, 0.6) is 0 Å². The summed E-state index contributed by atoms with van der Waals surface area (Å²) in [7, 11) is 0. The minimum atomic E-state index is 0.355. The minimum Gasteiger partial charge on any atom is -0.309 e. The van der Waals surface area contributed by atoms with E-state index < -0.39 is 0 Å². The van der Waals surface area contributed by atoms with E-state index in [2.05, 4.69) is 4.98 Å². The average molecular weight is 189 g/mol. The van der Waals surface area contributed by atoms with Crippen molar-refractivity contribution in [2.24, 2.45) is 0 Å². The highest BCUT2D eigenvalue weighted by Crippen LogP contribution is 2.29. The van der Waals surface area contributed by atoms with Gasteiger partial charge in [-0.2, -0.15) is 0 Å². The van der Waals surface area contributed by atoms with Crippen molar-refractivity contribution >= 4 is 29.6 Å². The van der Waals surface area contributed by atoms with Crippen molar-refractivity contribution in [1.82, 2.24) is 9.55 Å². The first-order chi connectivity index (χ1) is 5.33. The molecule has 0 N–H and O–H groups in total. The van der Waals surface area contributed by atoms with Crippen molar-refractivity contribution in [1.29, 1.82) is 0 Å². The summed E-state index contributed by atoms with van der Waals surface area (Å²) in [5, 5.41) is 1.33. The van der Waals surface area contributed by atoms with Gasteiger partial charge in [0.2, 0.25) is 0 Å². The number of carbonyl (C=O) groups is 1. The van der Waals surface area contributed by atoms with Gasteiger partial charge in [0, 0.05) is 12.3 Å². The maximum absolute atomic E-state index is 10.4. The number of hydrogen-bond acceptors (Lipinski definition) is 3. The fraction of sp³-hybridized carbons (Fsp3) is 0.333. The highest BCUT2D eigenvalue weighted by Gasteiger charge is 2.19. The number of halogens is 1. The first-order valence-corrected chi connectivity index (χ1v) is 4.53. The standard InChI is InChI=1S/C6H5ClN2OS/c7-5-4(3-10)8-6-9(5)1-2-11-6/h3H,1-2H2. The second-order valence-corrected chi connectivity index (χ2v) is 3.61. The molecule has 1 aromatic rings. The van der Waals surface area contributed by atoms with E-state index in [-0.39, 0.29) is 0 Å². The number of aldehydes is 1. The molecule has 0 fully saturated rings. The molecule has 0 spiro atoms. The molecule has 5 heteroatoms. The highest BCUT2D eigenvalue weighted by molar-refractivity contribution is 7.99. The topological polar surface area (TPSA) is 34.9 Å². The van der Waals surface area contributed by atoms with Gasteiger partial charge in [-0.05, 0) is 0 Å². The molecular weight excluding hydrogens is 184 g/mol. The highest BCUT2D eigenvalue weighted by atomic mass is 35.5. The number of nitrogens with zero attached hydrogens (tertiary/aromatic N) is 2. The van der Waals surface area contributed by atoms with E-state index >= 15 is 0 Å². The normalized spacial score (nSPS) is 15.0. The Balaban J connectivity index is 2.57. The molecule has 0 radical (unpaired) electrons. The molecule has 1 aromatic heterocycles. The molecule has 2 heterocycles. The summed E-state index contributed by atoms with van der Waals surface area (Å²) in [4.78, 5) is 14.4. The summed E-state index contributed by atoms with van der Waals surface area (Å²) in [5.41, 5.74) is 0.355. The molecule has 0 amide bonds. The molecule has 0 unspecified atom stereocenters. The minimum absolute atomic E-state index is 0.355. The number of aromatic nitrogens is 2. The van der Waals surface area contributed by atoms with Gasteiger partial charge in [-0.15, -0.1) is 0 Å². The maximum atomic E-state index is 10.4. The molecule has 11 heavy (non-hydrogen) atoms. The van der Waals surface area contributed by atoms with Crippen molar-refractivity contribution in [3.8, 4) is 0 Å². The molecule has 0 atom stereocenters.